The molecule has 0 amide bonds. The molecule has 0 radical (unpaired) electrons. The molecule has 16 heavy (non-hydrogen) atoms. The second-order valence-electron chi connectivity index (χ2n) is 4.12. The van der Waals surface area contributed by atoms with E-state index in [4.69, 9.17) is 10.5 Å². The van der Waals surface area contributed by atoms with Crippen LogP contribution in [0, 0.1) is 0 Å². The van der Waals surface area contributed by atoms with Crippen LogP contribution >= 0.6 is 0 Å². The van der Waals surface area contributed by atoms with Crippen molar-refractivity contribution in [3.63, 3.8) is 0 Å². The summed E-state index contributed by atoms with van der Waals surface area (Å²) in [5.41, 5.74) is 10.2. The number of hydrogen-bond acceptors (Lipinski definition) is 3. The Morgan fingerprint density at radius 1 is 1.25 bits per heavy atom. The van der Waals surface area contributed by atoms with Crippen molar-refractivity contribution in [1.29, 1.82) is 0 Å². The van der Waals surface area contributed by atoms with Gasteiger partial charge in [0.05, 0.1) is 12.1 Å². The highest BCUT2D eigenvalue weighted by atomic mass is 16.5. The highest BCUT2D eigenvalue weighted by molar-refractivity contribution is 5.92. The zero-order valence-corrected chi connectivity index (χ0v) is 9.07. The molecule has 3 nitrogen and oxygen atoms in total. The molecule has 2 N–H and O–H groups in total. The summed E-state index contributed by atoms with van der Waals surface area (Å²) in [5.74, 6) is 0. The molecule has 2 aromatic rings. The van der Waals surface area contributed by atoms with Crippen molar-refractivity contribution in [2.45, 2.75) is 19.4 Å². The molecule has 1 aromatic carbocycles. The second kappa shape index (κ2) is 3.76. The number of rotatable bonds is 0. The largest absolute Gasteiger partial charge is 0.398 e. The minimum Gasteiger partial charge on any atom is -0.398 e. The van der Waals surface area contributed by atoms with E-state index < -0.39 is 0 Å². The highest BCUT2D eigenvalue weighted by Crippen LogP contribution is 2.28. The van der Waals surface area contributed by atoms with E-state index in [1.165, 1.54) is 0 Å². The van der Waals surface area contributed by atoms with Gasteiger partial charge in [-0.1, -0.05) is 18.2 Å². The fourth-order valence-electron chi connectivity index (χ4n) is 2.21. The molecule has 3 heteroatoms. The van der Waals surface area contributed by atoms with E-state index in [2.05, 4.69) is 4.98 Å². The molecule has 0 saturated heterocycles. The number of aromatic nitrogens is 1. The number of para-hydroxylation sites is 1. The third-order valence-corrected chi connectivity index (χ3v) is 3.07. The van der Waals surface area contributed by atoms with Crippen LogP contribution in [-0.2, 0) is 17.8 Å². The molecule has 1 aromatic heterocycles. The molecule has 0 spiro atoms. The van der Waals surface area contributed by atoms with Gasteiger partial charge in [-0.25, -0.2) is 0 Å². The molecular formula is C13H14N2O. The van der Waals surface area contributed by atoms with Crippen molar-refractivity contribution >= 4 is 16.6 Å². The summed E-state index contributed by atoms with van der Waals surface area (Å²) < 4.78 is 5.53. The first-order valence-electron chi connectivity index (χ1n) is 5.60. The SMILES string of the molecule is Nc1c2c(nc3ccccc13)CCCOC2. The monoisotopic (exact) mass is 214 g/mol. The van der Waals surface area contributed by atoms with E-state index in [0.29, 0.717) is 6.61 Å². The first-order valence-corrected chi connectivity index (χ1v) is 5.60. The van der Waals surface area contributed by atoms with Crippen molar-refractivity contribution in [3.8, 4) is 0 Å². The van der Waals surface area contributed by atoms with E-state index in [1.807, 2.05) is 24.3 Å². The number of nitrogens with two attached hydrogens (primary N) is 1. The van der Waals surface area contributed by atoms with Crippen molar-refractivity contribution in [2.24, 2.45) is 0 Å². The Bertz CT molecular complexity index is 537. The van der Waals surface area contributed by atoms with E-state index in [9.17, 15) is 0 Å². The van der Waals surface area contributed by atoms with Gasteiger partial charge in [-0.05, 0) is 18.9 Å². The lowest BCUT2D eigenvalue weighted by atomic mass is 10.0. The standard InChI is InChI=1S/C13H14N2O/c14-13-9-4-1-2-5-11(9)15-12-6-3-7-16-8-10(12)13/h1-2,4-5H,3,6-8H2,(H2,14,15). The van der Waals surface area contributed by atoms with Gasteiger partial charge < -0.3 is 10.5 Å². The number of fused-ring (bicyclic) bond motifs is 2. The molecule has 0 bridgehead atoms. The number of nitrogens with zero attached hydrogens (tertiary/aromatic N) is 1. The van der Waals surface area contributed by atoms with Crippen LogP contribution in [0.4, 0.5) is 5.69 Å². The van der Waals surface area contributed by atoms with Crippen molar-refractivity contribution in [3.05, 3.63) is 35.5 Å². The molecule has 0 aliphatic carbocycles. The molecule has 0 unspecified atom stereocenters. The first-order chi connectivity index (χ1) is 7.86. The summed E-state index contributed by atoms with van der Waals surface area (Å²) in [7, 11) is 0. The summed E-state index contributed by atoms with van der Waals surface area (Å²) in [6.45, 7) is 1.39. The Hall–Kier alpha value is -1.61. The lowest BCUT2D eigenvalue weighted by Crippen LogP contribution is -2.03. The van der Waals surface area contributed by atoms with Gasteiger partial charge >= 0.3 is 0 Å². The van der Waals surface area contributed by atoms with Crippen LogP contribution in [-0.4, -0.2) is 11.6 Å². The van der Waals surface area contributed by atoms with Gasteiger partial charge in [0.2, 0.25) is 0 Å². The number of nitrogen functional groups attached to an aromatic ring is 1. The Labute approximate surface area is 94.2 Å². The lowest BCUT2D eigenvalue weighted by molar-refractivity contribution is 0.125. The van der Waals surface area contributed by atoms with Gasteiger partial charge in [-0.3, -0.25) is 4.98 Å². The maximum Gasteiger partial charge on any atom is 0.0755 e. The fraction of sp³-hybridized carbons (Fsp3) is 0.308. The van der Waals surface area contributed by atoms with Crippen molar-refractivity contribution in [1.82, 2.24) is 4.98 Å². The number of ether oxygens (including phenoxy) is 1. The maximum absolute atomic E-state index is 6.19. The van der Waals surface area contributed by atoms with E-state index >= 15 is 0 Å². The van der Waals surface area contributed by atoms with Gasteiger partial charge in [-0.2, -0.15) is 0 Å². The highest BCUT2D eigenvalue weighted by Gasteiger charge is 2.15. The van der Waals surface area contributed by atoms with Crippen LogP contribution < -0.4 is 5.73 Å². The first kappa shape index (κ1) is 9.60. The number of pyridine rings is 1. The average Bonchev–Trinajstić information content (AvgIpc) is 2.55. The molecule has 1 aliphatic rings. The van der Waals surface area contributed by atoms with E-state index in [-0.39, 0.29) is 0 Å². The smallest absolute Gasteiger partial charge is 0.0755 e. The predicted molar refractivity (Wildman–Crippen MR) is 64.1 cm³/mol. The molecule has 0 atom stereocenters. The summed E-state index contributed by atoms with van der Waals surface area (Å²) in [6, 6.07) is 8.01. The number of hydrogen-bond donors (Lipinski definition) is 1. The summed E-state index contributed by atoms with van der Waals surface area (Å²) in [5, 5.41) is 1.03. The Morgan fingerprint density at radius 3 is 3.06 bits per heavy atom. The van der Waals surface area contributed by atoms with E-state index in [1.54, 1.807) is 0 Å². The van der Waals surface area contributed by atoms with Gasteiger partial charge in [0.15, 0.2) is 0 Å². The predicted octanol–water partition coefficient (Wildman–Crippen LogP) is 2.28. The van der Waals surface area contributed by atoms with Gasteiger partial charge in [0, 0.05) is 28.9 Å². The normalized spacial score (nSPS) is 15.8. The average molecular weight is 214 g/mol. The zero-order chi connectivity index (χ0) is 11.0. The van der Waals surface area contributed by atoms with Crippen LogP contribution in [0.3, 0.4) is 0 Å². The molecular weight excluding hydrogens is 200 g/mol. The van der Waals surface area contributed by atoms with Gasteiger partial charge in [-0.15, -0.1) is 0 Å². The molecule has 0 saturated carbocycles. The van der Waals surface area contributed by atoms with Crippen LogP contribution in [0.15, 0.2) is 24.3 Å². The third kappa shape index (κ3) is 1.44. The van der Waals surface area contributed by atoms with Gasteiger partial charge in [0.25, 0.3) is 0 Å². The molecule has 82 valence electrons. The summed E-state index contributed by atoms with van der Waals surface area (Å²) >= 11 is 0. The number of benzene rings is 1. The van der Waals surface area contributed by atoms with Crippen LogP contribution in [0.2, 0.25) is 0 Å². The fourth-order valence-corrected chi connectivity index (χ4v) is 2.21. The summed E-state index contributed by atoms with van der Waals surface area (Å²) in [6.07, 6.45) is 1.99. The van der Waals surface area contributed by atoms with Gasteiger partial charge in [0.1, 0.15) is 0 Å². The van der Waals surface area contributed by atoms with Crippen LogP contribution in [0.5, 0.6) is 0 Å². The van der Waals surface area contributed by atoms with E-state index in [0.717, 1.165) is 47.3 Å². The number of aryl methyl sites for hydroxylation is 1. The van der Waals surface area contributed by atoms with Crippen LogP contribution in [0.25, 0.3) is 10.9 Å². The summed E-state index contributed by atoms with van der Waals surface area (Å²) in [4.78, 5) is 4.68. The third-order valence-electron chi connectivity index (χ3n) is 3.07. The molecule has 2 heterocycles. The zero-order valence-electron chi connectivity index (χ0n) is 9.07. The lowest BCUT2D eigenvalue weighted by Gasteiger charge is -2.11. The van der Waals surface area contributed by atoms with Crippen LogP contribution in [0.1, 0.15) is 17.7 Å². The Morgan fingerprint density at radius 2 is 2.12 bits per heavy atom. The van der Waals surface area contributed by atoms with Crippen molar-refractivity contribution < 1.29 is 4.74 Å². The minimum atomic E-state index is 0.596. The quantitative estimate of drug-likeness (QED) is 0.732. The Kier molecular flexibility index (Phi) is 2.26. The van der Waals surface area contributed by atoms with Crippen molar-refractivity contribution in [2.75, 3.05) is 12.3 Å². The number of anilines is 1. The molecule has 1 aliphatic heterocycles. The molecule has 0 fully saturated rings. The minimum absolute atomic E-state index is 0.596. The Balaban J connectivity index is 2.29. The molecule has 3 rings (SSSR count). The second-order valence-corrected chi connectivity index (χ2v) is 4.12. The topological polar surface area (TPSA) is 48.1 Å². The maximum atomic E-state index is 6.19.